The molecule has 0 bridgehead atoms. The fourth-order valence-corrected chi connectivity index (χ4v) is 4.20. The smallest absolute Gasteiger partial charge is 0.0223 e. The molecule has 20 heavy (non-hydrogen) atoms. The summed E-state index contributed by atoms with van der Waals surface area (Å²) in [5.74, 6) is 1.77. The van der Waals surface area contributed by atoms with E-state index in [1.54, 1.807) is 0 Å². The number of nitrogens with zero attached hydrogens (tertiary/aromatic N) is 1. The largest absolute Gasteiger partial charge is 0.315 e. The number of piperidine rings is 1. The molecule has 2 aliphatic rings. The van der Waals surface area contributed by atoms with Crippen LogP contribution in [0.1, 0.15) is 72.1 Å². The molecule has 0 amide bonds. The Labute approximate surface area is 126 Å². The SMILES string of the molecule is CCC1CCCC(N2CCCCC2CNCC(C)C)C1. The van der Waals surface area contributed by atoms with E-state index in [2.05, 4.69) is 31.0 Å². The molecule has 3 atom stereocenters. The molecule has 118 valence electrons. The first-order valence-electron chi connectivity index (χ1n) is 9.17. The van der Waals surface area contributed by atoms with Crippen molar-refractivity contribution in [3.05, 3.63) is 0 Å². The van der Waals surface area contributed by atoms with E-state index in [9.17, 15) is 0 Å². The highest BCUT2D eigenvalue weighted by Gasteiger charge is 2.31. The maximum atomic E-state index is 3.71. The molecule has 1 aliphatic heterocycles. The maximum absolute atomic E-state index is 3.71. The van der Waals surface area contributed by atoms with E-state index in [-0.39, 0.29) is 0 Å². The molecule has 1 saturated heterocycles. The second-order valence-electron chi connectivity index (χ2n) is 7.53. The van der Waals surface area contributed by atoms with Gasteiger partial charge in [-0.05, 0) is 50.6 Å². The van der Waals surface area contributed by atoms with Crippen LogP contribution in [0, 0.1) is 11.8 Å². The topological polar surface area (TPSA) is 15.3 Å². The van der Waals surface area contributed by atoms with Gasteiger partial charge in [-0.2, -0.15) is 0 Å². The first kappa shape index (κ1) is 16.3. The van der Waals surface area contributed by atoms with Crippen molar-refractivity contribution in [1.82, 2.24) is 10.2 Å². The summed E-state index contributed by atoms with van der Waals surface area (Å²) in [6.45, 7) is 10.7. The van der Waals surface area contributed by atoms with Gasteiger partial charge in [0.2, 0.25) is 0 Å². The molecule has 1 heterocycles. The standard InChI is InChI=1S/C18H36N2/c1-4-16-8-7-10-17(12-16)20-11-6-5-9-18(20)14-19-13-15(2)3/h15-19H,4-14H2,1-3H3. The highest BCUT2D eigenvalue weighted by Crippen LogP contribution is 2.32. The minimum absolute atomic E-state index is 0.770. The van der Waals surface area contributed by atoms with E-state index in [1.807, 2.05) is 0 Å². The van der Waals surface area contributed by atoms with Gasteiger partial charge in [-0.15, -0.1) is 0 Å². The number of likely N-dealkylation sites (tertiary alicyclic amines) is 1. The van der Waals surface area contributed by atoms with Crippen LogP contribution in [0.15, 0.2) is 0 Å². The third-order valence-electron chi connectivity index (χ3n) is 5.41. The summed E-state index contributed by atoms with van der Waals surface area (Å²) < 4.78 is 0. The third-order valence-corrected chi connectivity index (χ3v) is 5.41. The molecule has 0 aromatic carbocycles. The van der Waals surface area contributed by atoms with Crippen molar-refractivity contribution in [3.63, 3.8) is 0 Å². The van der Waals surface area contributed by atoms with Gasteiger partial charge in [-0.25, -0.2) is 0 Å². The molecular formula is C18H36N2. The summed E-state index contributed by atoms with van der Waals surface area (Å²) in [4.78, 5) is 2.89. The van der Waals surface area contributed by atoms with Crippen molar-refractivity contribution >= 4 is 0 Å². The van der Waals surface area contributed by atoms with Crippen molar-refractivity contribution < 1.29 is 0 Å². The average molecular weight is 280 g/mol. The molecule has 0 aromatic heterocycles. The molecule has 1 aliphatic carbocycles. The minimum Gasteiger partial charge on any atom is -0.315 e. The van der Waals surface area contributed by atoms with Crippen LogP contribution in [0.4, 0.5) is 0 Å². The summed E-state index contributed by atoms with van der Waals surface area (Å²) in [7, 11) is 0. The highest BCUT2D eigenvalue weighted by atomic mass is 15.2. The summed E-state index contributed by atoms with van der Waals surface area (Å²) in [5.41, 5.74) is 0. The molecule has 2 rings (SSSR count). The lowest BCUT2D eigenvalue weighted by Crippen LogP contribution is -2.52. The van der Waals surface area contributed by atoms with Gasteiger partial charge in [-0.3, -0.25) is 4.90 Å². The van der Waals surface area contributed by atoms with E-state index in [4.69, 9.17) is 0 Å². The van der Waals surface area contributed by atoms with E-state index in [1.165, 1.54) is 71.0 Å². The van der Waals surface area contributed by atoms with Gasteiger partial charge in [0, 0.05) is 18.6 Å². The third kappa shape index (κ3) is 4.73. The average Bonchev–Trinajstić information content (AvgIpc) is 2.47. The van der Waals surface area contributed by atoms with E-state index < -0.39 is 0 Å². The van der Waals surface area contributed by atoms with Gasteiger partial charge in [0.15, 0.2) is 0 Å². The Morgan fingerprint density at radius 3 is 2.70 bits per heavy atom. The lowest BCUT2D eigenvalue weighted by atomic mass is 9.82. The predicted octanol–water partition coefficient (Wildman–Crippen LogP) is 4.06. The molecular weight excluding hydrogens is 244 g/mol. The second kappa shape index (κ2) is 8.38. The summed E-state index contributed by atoms with van der Waals surface area (Å²) in [5, 5.41) is 3.71. The van der Waals surface area contributed by atoms with Gasteiger partial charge in [-0.1, -0.05) is 46.5 Å². The van der Waals surface area contributed by atoms with Crippen LogP contribution < -0.4 is 5.32 Å². The monoisotopic (exact) mass is 280 g/mol. The molecule has 2 nitrogen and oxygen atoms in total. The lowest BCUT2D eigenvalue weighted by molar-refractivity contribution is 0.0572. The number of rotatable bonds is 6. The van der Waals surface area contributed by atoms with Crippen LogP contribution in [0.2, 0.25) is 0 Å². The fourth-order valence-electron chi connectivity index (χ4n) is 4.20. The van der Waals surface area contributed by atoms with E-state index in [0.717, 1.165) is 23.9 Å². The highest BCUT2D eigenvalue weighted by molar-refractivity contribution is 4.87. The molecule has 0 aromatic rings. The van der Waals surface area contributed by atoms with Crippen molar-refractivity contribution in [2.24, 2.45) is 11.8 Å². The van der Waals surface area contributed by atoms with Gasteiger partial charge in [0.1, 0.15) is 0 Å². The summed E-state index contributed by atoms with van der Waals surface area (Å²) >= 11 is 0. The molecule has 1 saturated carbocycles. The van der Waals surface area contributed by atoms with Crippen LogP contribution in [-0.4, -0.2) is 36.6 Å². The first-order valence-corrected chi connectivity index (χ1v) is 9.17. The van der Waals surface area contributed by atoms with Crippen molar-refractivity contribution in [2.45, 2.75) is 84.2 Å². The van der Waals surface area contributed by atoms with Crippen LogP contribution in [0.5, 0.6) is 0 Å². The van der Waals surface area contributed by atoms with Crippen molar-refractivity contribution in [1.29, 1.82) is 0 Å². The van der Waals surface area contributed by atoms with Crippen molar-refractivity contribution in [2.75, 3.05) is 19.6 Å². The Hall–Kier alpha value is -0.0800. The zero-order chi connectivity index (χ0) is 14.4. The molecule has 2 heteroatoms. The molecule has 3 unspecified atom stereocenters. The number of hydrogen-bond acceptors (Lipinski definition) is 2. The Balaban J connectivity index is 1.85. The Morgan fingerprint density at radius 2 is 1.95 bits per heavy atom. The first-order chi connectivity index (χ1) is 9.70. The van der Waals surface area contributed by atoms with Gasteiger partial charge >= 0.3 is 0 Å². The van der Waals surface area contributed by atoms with Gasteiger partial charge < -0.3 is 5.32 Å². The van der Waals surface area contributed by atoms with E-state index in [0.29, 0.717) is 0 Å². The van der Waals surface area contributed by atoms with Crippen LogP contribution in [-0.2, 0) is 0 Å². The zero-order valence-corrected chi connectivity index (χ0v) is 14.0. The van der Waals surface area contributed by atoms with Crippen LogP contribution >= 0.6 is 0 Å². The Bertz CT molecular complexity index is 264. The normalized spacial score (nSPS) is 32.7. The minimum atomic E-state index is 0.770. The molecule has 0 spiro atoms. The Morgan fingerprint density at radius 1 is 1.10 bits per heavy atom. The molecule has 1 N–H and O–H groups in total. The maximum Gasteiger partial charge on any atom is 0.0223 e. The zero-order valence-electron chi connectivity index (χ0n) is 14.0. The summed E-state index contributed by atoms with van der Waals surface area (Å²) in [6, 6.07) is 1.70. The van der Waals surface area contributed by atoms with Crippen molar-refractivity contribution in [3.8, 4) is 0 Å². The van der Waals surface area contributed by atoms with E-state index >= 15 is 0 Å². The quantitative estimate of drug-likeness (QED) is 0.789. The van der Waals surface area contributed by atoms with Crippen LogP contribution in [0.3, 0.4) is 0 Å². The lowest BCUT2D eigenvalue weighted by Gasteiger charge is -2.44. The number of hydrogen-bond donors (Lipinski definition) is 1. The Kier molecular flexibility index (Phi) is 6.83. The van der Waals surface area contributed by atoms with Crippen LogP contribution in [0.25, 0.3) is 0 Å². The number of nitrogens with one attached hydrogen (secondary N) is 1. The fraction of sp³-hybridized carbons (Fsp3) is 1.00. The molecule has 2 fully saturated rings. The summed E-state index contributed by atoms with van der Waals surface area (Å²) in [6.07, 6.45) is 11.5. The second-order valence-corrected chi connectivity index (χ2v) is 7.53. The predicted molar refractivity (Wildman–Crippen MR) is 88.1 cm³/mol. The van der Waals surface area contributed by atoms with Gasteiger partial charge in [0.25, 0.3) is 0 Å². The van der Waals surface area contributed by atoms with Gasteiger partial charge in [0.05, 0.1) is 0 Å². The molecule has 0 radical (unpaired) electrons.